The lowest BCUT2D eigenvalue weighted by Gasteiger charge is -2.11. The standard InChI is InChI=1S/C11H14ClN5O/c1-6(2)17-5-8(12)4-9(17)10(18)14-11-13-7(3)15-16-11/h4-6H,1-3H3,(H2,13,14,15,16,18). The minimum Gasteiger partial charge on any atom is -0.339 e. The molecule has 7 heteroatoms. The molecular formula is C11H14ClN5O. The van der Waals surface area contributed by atoms with E-state index in [1.54, 1.807) is 23.8 Å². The molecule has 2 rings (SSSR count). The van der Waals surface area contributed by atoms with Crippen molar-refractivity contribution in [3.05, 3.63) is 28.8 Å². The smallest absolute Gasteiger partial charge is 0.274 e. The van der Waals surface area contributed by atoms with Crippen molar-refractivity contribution < 1.29 is 4.79 Å². The van der Waals surface area contributed by atoms with E-state index in [-0.39, 0.29) is 17.9 Å². The second-order valence-corrected chi connectivity index (χ2v) is 4.68. The van der Waals surface area contributed by atoms with Gasteiger partial charge in [-0.25, -0.2) is 0 Å². The Hall–Kier alpha value is -1.82. The molecule has 6 nitrogen and oxygen atoms in total. The molecule has 0 fully saturated rings. The number of nitrogens with zero attached hydrogens (tertiary/aromatic N) is 3. The van der Waals surface area contributed by atoms with Crippen molar-refractivity contribution in [1.82, 2.24) is 19.7 Å². The van der Waals surface area contributed by atoms with Crippen LogP contribution in [-0.4, -0.2) is 25.7 Å². The zero-order chi connectivity index (χ0) is 13.3. The second kappa shape index (κ2) is 4.81. The molecule has 0 aliphatic heterocycles. The summed E-state index contributed by atoms with van der Waals surface area (Å²) in [5.74, 6) is 0.613. The number of carbonyl (C=O) groups is 1. The van der Waals surface area contributed by atoms with E-state index in [1.165, 1.54) is 0 Å². The van der Waals surface area contributed by atoms with Crippen molar-refractivity contribution >= 4 is 23.5 Å². The predicted molar refractivity (Wildman–Crippen MR) is 68.9 cm³/mol. The molecule has 0 spiro atoms. The van der Waals surface area contributed by atoms with Gasteiger partial charge >= 0.3 is 0 Å². The van der Waals surface area contributed by atoms with Gasteiger partial charge in [-0.05, 0) is 26.8 Å². The van der Waals surface area contributed by atoms with Gasteiger partial charge in [0.05, 0.1) is 5.02 Å². The summed E-state index contributed by atoms with van der Waals surface area (Å²) in [7, 11) is 0. The van der Waals surface area contributed by atoms with Gasteiger partial charge in [-0.15, -0.1) is 5.10 Å². The quantitative estimate of drug-likeness (QED) is 0.897. The SMILES string of the molecule is Cc1nc(NC(=O)c2cc(Cl)cn2C(C)C)n[nH]1. The first-order chi connectivity index (χ1) is 8.47. The average Bonchev–Trinajstić information content (AvgIpc) is 2.85. The zero-order valence-corrected chi connectivity index (χ0v) is 11.1. The molecule has 0 saturated heterocycles. The fraction of sp³-hybridized carbons (Fsp3) is 0.364. The predicted octanol–water partition coefficient (Wildman–Crippen LogP) is 2.40. The largest absolute Gasteiger partial charge is 0.339 e. The van der Waals surface area contributed by atoms with Crippen LogP contribution in [0.25, 0.3) is 0 Å². The van der Waals surface area contributed by atoms with Gasteiger partial charge in [0.1, 0.15) is 11.5 Å². The Morgan fingerprint density at radius 2 is 2.28 bits per heavy atom. The molecule has 1 amide bonds. The lowest BCUT2D eigenvalue weighted by molar-refractivity contribution is 0.101. The second-order valence-electron chi connectivity index (χ2n) is 4.24. The Labute approximate surface area is 109 Å². The van der Waals surface area contributed by atoms with Gasteiger partial charge < -0.3 is 4.57 Å². The number of carbonyl (C=O) groups excluding carboxylic acids is 1. The van der Waals surface area contributed by atoms with Crippen molar-refractivity contribution in [3.8, 4) is 0 Å². The number of hydrogen-bond acceptors (Lipinski definition) is 3. The minimum atomic E-state index is -0.283. The van der Waals surface area contributed by atoms with E-state index in [4.69, 9.17) is 11.6 Å². The molecule has 2 aromatic rings. The highest BCUT2D eigenvalue weighted by Gasteiger charge is 2.16. The van der Waals surface area contributed by atoms with E-state index >= 15 is 0 Å². The molecule has 0 unspecified atom stereocenters. The van der Waals surface area contributed by atoms with E-state index < -0.39 is 0 Å². The lowest BCUT2D eigenvalue weighted by atomic mass is 10.3. The molecule has 0 aliphatic carbocycles. The van der Waals surface area contributed by atoms with Gasteiger partial charge in [0, 0.05) is 12.2 Å². The van der Waals surface area contributed by atoms with Crippen LogP contribution < -0.4 is 5.32 Å². The summed E-state index contributed by atoms with van der Waals surface area (Å²) >= 11 is 5.92. The summed E-state index contributed by atoms with van der Waals surface area (Å²) in [5, 5.41) is 9.66. The van der Waals surface area contributed by atoms with Gasteiger partial charge in [0.2, 0.25) is 5.95 Å². The Morgan fingerprint density at radius 3 is 2.83 bits per heavy atom. The summed E-state index contributed by atoms with van der Waals surface area (Å²) in [5.41, 5.74) is 0.484. The highest BCUT2D eigenvalue weighted by Crippen LogP contribution is 2.19. The third kappa shape index (κ3) is 2.53. The van der Waals surface area contributed by atoms with Crippen LogP contribution >= 0.6 is 11.6 Å². The topological polar surface area (TPSA) is 75.6 Å². The number of rotatable bonds is 3. The number of anilines is 1. The van der Waals surface area contributed by atoms with E-state index in [1.807, 2.05) is 13.8 Å². The Bertz CT molecular complexity index is 572. The van der Waals surface area contributed by atoms with Crippen LogP contribution in [0, 0.1) is 6.92 Å². The van der Waals surface area contributed by atoms with Gasteiger partial charge in [-0.3, -0.25) is 15.2 Å². The molecule has 0 saturated carbocycles. The average molecular weight is 268 g/mol. The Morgan fingerprint density at radius 1 is 1.56 bits per heavy atom. The maximum atomic E-state index is 12.1. The van der Waals surface area contributed by atoms with Crippen LogP contribution in [0.5, 0.6) is 0 Å². The van der Waals surface area contributed by atoms with E-state index in [0.717, 1.165) is 0 Å². The summed E-state index contributed by atoms with van der Waals surface area (Å²) in [6.07, 6.45) is 1.73. The maximum Gasteiger partial charge on any atom is 0.274 e. The van der Waals surface area contributed by atoms with Gasteiger partial charge in [-0.1, -0.05) is 11.6 Å². The molecule has 18 heavy (non-hydrogen) atoms. The first-order valence-electron chi connectivity index (χ1n) is 5.55. The van der Waals surface area contributed by atoms with Gasteiger partial charge in [0.15, 0.2) is 0 Å². The van der Waals surface area contributed by atoms with Crippen LogP contribution in [0.4, 0.5) is 5.95 Å². The number of hydrogen-bond donors (Lipinski definition) is 2. The number of amides is 1. The Balaban J connectivity index is 2.23. The number of nitrogens with one attached hydrogen (secondary N) is 2. The molecule has 2 N–H and O–H groups in total. The third-order valence-electron chi connectivity index (χ3n) is 2.43. The van der Waals surface area contributed by atoms with Gasteiger partial charge in [0.25, 0.3) is 5.91 Å². The highest BCUT2D eigenvalue weighted by atomic mass is 35.5. The van der Waals surface area contributed by atoms with Crippen LogP contribution in [0.1, 0.15) is 36.2 Å². The lowest BCUT2D eigenvalue weighted by Crippen LogP contribution is -2.18. The van der Waals surface area contributed by atoms with Crippen LogP contribution in [0.15, 0.2) is 12.3 Å². The van der Waals surface area contributed by atoms with Crippen molar-refractivity contribution in [2.24, 2.45) is 0 Å². The number of aryl methyl sites for hydroxylation is 1. The number of H-pyrrole nitrogens is 1. The molecule has 0 aromatic carbocycles. The Kier molecular flexibility index (Phi) is 3.38. The number of aromatic amines is 1. The molecule has 2 aromatic heterocycles. The van der Waals surface area contributed by atoms with Crippen LogP contribution in [0.3, 0.4) is 0 Å². The summed E-state index contributed by atoms with van der Waals surface area (Å²) < 4.78 is 1.80. The van der Waals surface area contributed by atoms with E-state index in [2.05, 4.69) is 20.5 Å². The molecule has 96 valence electrons. The van der Waals surface area contributed by atoms with Crippen LogP contribution in [-0.2, 0) is 0 Å². The summed E-state index contributed by atoms with van der Waals surface area (Å²) in [4.78, 5) is 16.1. The third-order valence-corrected chi connectivity index (χ3v) is 2.63. The molecule has 2 heterocycles. The fourth-order valence-corrected chi connectivity index (χ4v) is 1.83. The van der Waals surface area contributed by atoms with Crippen LogP contribution in [0.2, 0.25) is 5.02 Å². The van der Waals surface area contributed by atoms with E-state index in [9.17, 15) is 4.79 Å². The maximum absolute atomic E-state index is 12.1. The number of halogens is 1. The van der Waals surface area contributed by atoms with Crippen molar-refractivity contribution in [3.63, 3.8) is 0 Å². The molecule has 0 bridgehead atoms. The first-order valence-corrected chi connectivity index (χ1v) is 5.93. The summed E-state index contributed by atoms with van der Waals surface area (Å²) in [6, 6.07) is 1.77. The van der Waals surface area contributed by atoms with Crippen molar-refractivity contribution in [2.45, 2.75) is 26.8 Å². The van der Waals surface area contributed by atoms with E-state index in [0.29, 0.717) is 16.5 Å². The fourth-order valence-electron chi connectivity index (χ4n) is 1.62. The van der Waals surface area contributed by atoms with Crippen molar-refractivity contribution in [2.75, 3.05) is 5.32 Å². The molecule has 0 radical (unpaired) electrons. The number of aromatic nitrogens is 4. The first kappa shape index (κ1) is 12.6. The van der Waals surface area contributed by atoms with Crippen molar-refractivity contribution in [1.29, 1.82) is 0 Å². The summed E-state index contributed by atoms with van der Waals surface area (Å²) in [6.45, 7) is 5.71. The monoisotopic (exact) mass is 267 g/mol. The molecule has 0 aliphatic rings. The molecule has 0 atom stereocenters. The molecular weight excluding hydrogens is 254 g/mol. The minimum absolute atomic E-state index is 0.145. The normalized spacial score (nSPS) is 10.9. The highest BCUT2D eigenvalue weighted by molar-refractivity contribution is 6.31. The van der Waals surface area contributed by atoms with Gasteiger partial charge in [-0.2, -0.15) is 4.98 Å². The zero-order valence-electron chi connectivity index (χ0n) is 10.4.